The average Bonchev–Trinajstić information content (AvgIpc) is 2.39. The second-order valence-electron chi connectivity index (χ2n) is 4.44. The van der Waals surface area contributed by atoms with Crippen LogP contribution in [0.5, 0.6) is 0 Å². The summed E-state index contributed by atoms with van der Waals surface area (Å²) in [5, 5.41) is 14.1. The molecule has 0 amide bonds. The molecule has 19 heavy (non-hydrogen) atoms. The number of anilines is 1. The summed E-state index contributed by atoms with van der Waals surface area (Å²) in [6.07, 6.45) is 0.839. The molecule has 2 aromatic rings. The summed E-state index contributed by atoms with van der Waals surface area (Å²) in [4.78, 5) is 10.6. The molecule has 2 aromatic carbocycles. The molecule has 4 nitrogen and oxygen atoms in total. The van der Waals surface area contributed by atoms with Crippen molar-refractivity contribution < 1.29 is 4.92 Å². The van der Waals surface area contributed by atoms with Gasteiger partial charge in [0.05, 0.1) is 4.92 Å². The molecule has 0 unspecified atom stereocenters. The highest BCUT2D eigenvalue weighted by Crippen LogP contribution is 2.25. The Morgan fingerprint density at radius 3 is 2.58 bits per heavy atom. The van der Waals surface area contributed by atoms with Gasteiger partial charge in [0, 0.05) is 12.6 Å². The number of hydrogen-bond donors (Lipinski definition) is 1. The topological polar surface area (TPSA) is 55.2 Å². The van der Waals surface area contributed by atoms with Gasteiger partial charge in [-0.2, -0.15) is 0 Å². The first-order valence-corrected chi connectivity index (χ1v) is 6.19. The van der Waals surface area contributed by atoms with Crippen LogP contribution in [0.2, 0.25) is 0 Å². The van der Waals surface area contributed by atoms with Gasteiger partial charge >= 0.3 is 0 Å². The molecule has 0 aliphatic heterocycles. The van der Waals surface area contributed by atoms with Crippen LogP contribution in [0, 0.1) is 17.0 Å². The summed E-state index contributed by atoms with van der Waals surface area (Å²) in [5.74, 6) is 0. The van der Waals surface area contributed by atoms with E-state index in [0.29, 0.717) is 12.2 Å². The Hall–Kier alpha value is -2.36. The number of nitro benzene ring substituents is 1. The van der Waals surface area contributed by atoms with Crippen LogP contribution >= 0.6 is 0 Å². The summed E-state index contributed by atoms with van der Waals surface area (Å²) < 4.78 is 0. The van der Waals surface area contributed by atoms with E-state index in [0.717, 1.165) is 12.0 Å². The van der Waals surface area contributed by atoms with Crippen LogP contribution in [0.1, 0.15) is 11.1 Å². The van der Waals surface area contributed by atoms with Crippen molar-refractivity contribution >= 4 is 11.4 Å². The molecule has 0 spiro atoms. The number of rotatable bonds is 5. The highest BCUT2D eigenvalue weighted by atomic mass is 16.6. The normalized spacial score (nSPS) is 10.2. The van der Waals surface area contributed by atoms with Gasteiger partial charge in [-0.3, -0.25) is 10.1 Å². The molecular weight excluding hydrogens is 240 g/mol. The van der Waals surface area contributed by atoms with E-state index in [4.69, 9.17) is 0 Å². The molecule has 0 saturated heterocycles. The lowest BCUT2D eigenvalue weighted by molar-refractivity contribution is -0.384. The minimum atomic E-state index is -0.357. The smallest absolute Gasteiger partial charge is 0.292 e. The monoisotopic (exact) mass is 256 g/mol. The van der Waals surface area contributed by atoms with Crippen molar-refractivity contribution in [1.29, 1.82) is 0 Å². The fraction of sp³-hybridized carbons (Fsp3) is 0.200. The molecule has 0 aromatic heterocycles. The van der Waals surface area contributed by atoms with Crippen molar-refractivity contribution in [1.82, 2.24) is 0 Å². The van der Waals surface area contributed by atoms with E-state index in [-0.39, 0.29) is 10.6 Å². The maximum absolute atomic E-state index is 10.9. The van der Waals surface area contributed by atoms with Gasteiger partial charge in [-0.1, -0.05) is 36.4 Å². The fourth-order valence-electron chi connectivity index (χ4n) is 1.94. The average molecular weight is 256 g/mol. The first-order valence-electron chi connectivity index (χ1n) is 6.19. The Bertz CT molecular complexity index is 568. The number of nitrogens with zero attached hydrogens (tertiary/aromatic N) is 1. The van der Waals surface area contributed by atoms with Gasteiger partial charge in [0.25, 0.3) is 5.69 Å². The Labute approximate surface area is 112 Å². The van der Waals surface area contributed by atoms with Gasteiger partial charge in [0.15, 0.2) is 0 Å². The maximum Gasteiger partial charge on any atom is 0.292 e. The first kappa shape index (κ1) is 13.1. The summed E-state index contributed by atoms with van der Waals surface area (Å²) in [6, 6.07) is 15.2. The lowest BCUT2D eigenvalue weighted by Crippen LogP contribution is -2.07. The van der Waals surface area contributed by atoms with E-state index in [2.05, 4.69) is 5.32 Å². The predicted molar refractivity (Wildman–Crippen MR) is 76.5 cm³/mol. The Kier molecular flexibility index (Phi) is 4.13. The van der Waals surface area contributed by atoms with Crippen molar-refractivity contribution in [3.05, 3.63) is 69.8 Å². The van der Waals surface area contributed by atoms with E-state index in [1.807, 2.05) is 43.3 Å². The number of benzene rings is 2. The van der Waals surface area contributed by atoms with Crippen molar-refractivity contribution in [2.75, 3.05) is 11.9 Å². The van der Waals surface area contributed by atoms with Crippen LogP contribution in [0.25, 0.3) is 0 Å². The van der Waals surface area contributed by atoms with Crippen LogP contribution < -0.4 is 5.32 Å². The molecular formula is C15H16N2O2. The predicted octanol–water partition coefficient (Wildman–Crippen LogP) is 3.56. The Balaban J connectivity index is 2.03. The Morgan fingerprint density at radius 1 is 1.16 bits per heavy atom. The molecule has 0 aliphatic carbocycles. The van der Waals surface area contributed by atoms with Crippen LogP contribution in [0.15, 0.2) is 48.5 Å². The number of nitrogens with one attached hydrogen (secondary N) is 1. The van der Waals surface area contributed by atoms with Gasteiger partial charge < -0.3 is 5.32 Å². The molecule has 0 saturated carbocycles. The fourth-order valence-corrected chi connectivity index (χ4v) is 1.94. The molecule has 1 N–H and O–H groups in total. The number of aryl methyl sites for hydroxylation is 1. The zero-order chi connectivity index (χ0) is 13.7. The van der Waals surface area contributed by atoms with E-state index in [1.54, 1.807) is 12.1 Å². The number of hydrogen-bond acceptors (Lipinski definition) is 3. The van der Waals surface area contributed by atoms with Crippen LogP contribution in [-0.4, -0.2) is 11.5 Å². The summed E-state index contributed by atoms with van der Waals surface area (Å²) in [5.41, 5.74) is 2.93. The Morgan fingerprint density at radius 2 is 1.89 bits per heavy atom. The minimum absolute atomic E-state index is 0.124. The first-order chi connectivity index (χ1) is 9.16. The molecule has 0 fully saturated rings. The zero-order valence-corrected chi connectivity index (χ0v) is 10.8. The van der Waals surface area contributed by atoms with E-state index in [1.165, 1.54) is 5.56 Å². The second kappa shape index (κ2) is 6.00. The van der Waals surface area contributed by atoms with Crippen molar-refractivity contribution in [2.24, 2.45) is 0 Å². The lowest BCUT2D eigenvalue weighted by atomic mass is 10.1. The largest absolute Gasteiger partial charge is 0.379 e. The third-order valence-electron chi connectivity index (χ3n) is 2.92. The van der Waals surface area contributed by atoms with Gasteiger partial charge in [-0.15, -0.1) is 0 Å². The third-order valence-corrected chi connectivity index (χ3v) is 2.92. The molecule has 0 atom stereocenters. The van der Waals surface area contributed by atoms with Crippen molar-refractivity contribution in [3.63, 3.8) is 0 Å². The zero-order valence-electron chi connectivity index (χ0n) is 10.8. The van der Waals surface area contributed by atoms with Gasteiger partial charge in [-0.05, 0) is 30.5 Å². The second-order valence-corrected chi connectivity index (χ2v) is 4.44. The van der Waals surface area contributed by atoms with Gasteiger partial charge in [0.2, 0.25) is 0 Å². The highest BCUT2D eigenvalue weighted by molar-refractivity contribution is 5.62. The number of nitro groups is 1. The molecule has 0 heterocycles. The molecule has 0 radical (unpaired) electrons. The van der Waals surface area contributed by atoms with E-state index < -0.39 is 0 Å². The van der Waals surface area contributed by atoms with Crippen molar-refractivity contribution in [2.45, 2.75) is 13.3 Å². The maximum atomic E-state index is 10.9. The minimum Gasteiger partial charge on any atom is -0.379 e. The SMILES string of the molecule is Cc1ccc([N+](=O)[O-])c(NCCc2ccccc2)c1. The van der Waals surface area contributed by atoms with E-state index in [9.17, 15) is 10.1 Å². The standard InChI is InChI=1S/C15H16N2O2/c1-12-7-8-15(17(18)19)14(11-12)16-10-9-13-5-3-2-4-6-13/h2-8,11,16H,9-10H2,1H3. The van der Waals surface area contributed by atoms with E-state index >= 15 is 0 Å². The molecule has 4 heteroatoms. The third kappa shape index (κ3) is 3.55. The van der Waals surface area contributed by atoms with Crippen LogP contribution in [-0.2, 0) is 6.42 Å². The summed E-state index contributed by atoms with van der Waals surface area (Å²) in [6.45, 7) is 2.60. The van der Waals surface area contributed by atoms with Gasteiger partial charge in [0.1, 0.15) is 5.69 Å². The van der Waals surface area contributed by atoms with Gasteiger partial charge in [-0.25, -0.2) is 0 Å². The van der Waals surface area contributed by atoms with Crippen LogP contribution in [0.3, 0.4) is 0 Å². The summed E-state index contributed by atoms with van der Waals surface area (Å²) >= 11 is 0. The molecule has 98 valence electrons. The quantitative estimate of drug-likeness (QED) is 0.657. The van der Waals surface area contributed by atoms with Crippen molar-refractivity contribution in [3.8, 4) is 0 Å². The highest BCUT2D eigenvalue weighted by Gasteiger charge is 2.12. The molecule has 2 rings (SSSR count). The molecule has 0 bridgehead atoms. The summed E-state index contributed by atoms with van der Waals surface area (Å²) in [7, 11) is 0. The lowest BCUT2D eigenvalue weighted by Gasteiger charge is -2.08. The molecule has 0 aliphatic rings. The van der Waals surface area contributed by atoms with Crippen LogP contribution in [0.4, 0.5) is 11.4 Å².